The molecule has 0 aliphatic rings. The van der Waals surface area contributed by atoms with Crippen molar-refractivity contribution in [2.75, 3.05) is 10.6 Å². The van der Waals surface area contributed by atoms with Gasteiger partial charge in [-0.1, -0.05) is 42.8 Å². The Bertz CT molecular complexity index is 872. The predicted octanol–water partition coefficient (Wildman–Crippen LogP) is 3.34. The van der Waals surface area contributed by atoms with Crippen LogP contribution in [0.15, 0.2) is 48.5 Å². The van der Waals surface area contributed by atoms with Crippen LogP contribution in [0.2, 0.25) is 5.02 Å². The molecular formula is C18H20ClFN2O3S. The Kier molecular flexibility index (Phi) is 6.61. The third-order valence-electron chi connectivity index (χ3n) is 3.80. The monoisotopic (exact) mass is 398 g/mol. The maximum atomic E-state index is 14.2. The number of nitrogens with one attached hydrogen (secondary N) is 1. The van der Waals surface area contributed by atoms with Gasteiger partial charge in [0.15, 0.2) is 0 Å². The minimum absolute atomic E-state index is 0.150. The second kappa shape index (κ2) is 8.51. The Morgan fingerprint density at radius 1 is 1.19 bits per heavy atom. The number of carbonyl (C=O) groups excluding carboxylic acids is 1. The summed E-state index contributed by atoms with van der Waals surface area (Å²) < 4.78 is 39.5. The molecule has 0 saturated heterocycles. The Morgan fingerprint density at radius 2 is 1.81 bits per heavy atom. The fourth-order valence-corrected chi connectivity index (χ4v) is 3.91. The van der Waals surface area contributed by atoms with Gasteiger partial charge in [0, 0.05) is 11.6 Å². The molecule has 0 bridgehead atoms. The lowest BCUT2D eigenvalue weighted by molar-refractivity contribution is -0.122. The number of halogens is 2. The van der Waals surface area contributed by atoms with Crippen LogP contribution in [0, 0.1) is 5.82 Å². The number of amides is 1. The van der Waals surface area contributed by atoms with Crippen molar-refractivity contribution >= 4 is 33.2 Å². The lowest BCUT2D eigenvalue weighted by Gasteiger charge is -2.30. The van der Waals surface area contributed by atoms with Crippen LogP contribution in [-0.2, 0) is 21.4 Å². The van der Waals surface area contributed by atoms with Gasteiger partial charge in [-0.25, -0.2) is 12.8 Å². The standard InChI is InChI=1S/C18H20ClFN2O3S/c1-3-16(18(23)21-12-13-8-10-14(19)11-9-13)22(26(2,24)25)17-7-5-4-6-15(17)20/h4-11,16H,3,12H2,1-2H3,(H,21,23). The number of benzene rings is 2. The Morgan fingerprint density at radius 3 is 2.35 bits per heavy atom. The third-order valence-corrected chi connectivity index (χ3v) is 5.22. The van der Waals surface area contributed by atoms with Gasteiger partial charge in [-0.2, -0.15) is 0 Å². The summed E-state index contributed by atoms with van der Waals surface area (Å²) in [5.41, 5.74) is 0.665. The van der Waals surface area contributed by atoms with E-state index in [0.717, 1.165) is 22.2 Å². The summed E-state index contributed by atoms with van der Waals surface area (Å²) in [6.45, 7) is 1.88. The zero-order valence-electron chi connectivity index (χ0n) is 14.4. The molecule has 1 unspecified atom stereocenters. The average molecular weight is 399 g/mol. The highest BCUT2D eigenvalue weighted by molar-refractivity contribution is 7.92. The zero-order chi connectivity index (χ0) is 19.3. The summed E-state index contributed by atoms with van der Waals surface area (Å²) in [4.78, 5) is 12.6. The summed E-state index contributed by atoms with van der Waals surface area (Å²) in [6, 6.07) is 11.3. The molecule has 1 amide bonds. The predicted molar refractivity (Wildman–Crippen MR) is 101 cm³/mol. The van der Waals surface area contributed by atoms with Crippen molar-refractivity contribution in [1.82, 2.24) is 5.32 Å². The normalized spacial score (nSPS) is 12.5. The Balaban J connectivity index is 2.25. The molecule has 2 rings (SSSR count). The maximum absolute atomic E-state index is 14.2. The fourth-order valence-electron chi connectivity index (χ4n) is 2.58. The number of para-hydroxylation sites is 1. The van der Waals surface area contributed by atoms with Gasteiger partial charge >= 0.3 is 0 Å². The molecular weight excluding hydrogens is 379 g/mol. The smallest absolute Gasteiger partial charge is 0.244 e. The SMILES string of the molecule is CCC(C(=O)NCc1ccc(Cl)cc1)N(c1ccccc1F)S(C)(=O)=O. The van der Waals surface area contributed by atoms with Crippen molar-refractivity contribution in [3.8, 4) is 0 Å². The molecule has 0 fully saturated rings. The highest BCUT2D eigenvalue weighted by Gasteiger charge is 2.32. The van der Waals surface area contributed by atoms with Crippen LogP contribution in [0.25, 0.3) is 0 Å². The van der Waals surface area contributed by atoms with Crippen LogP contribution in [0.3, 0.4) is 0 Å². The summed E-state index contributed by atoms with van der Waals surface area (Å²) in [5.74, 6) is -1.21. The van der Waals surface area contributed by atoms with E-state index in [0.29, 0.717) is 5.02 Å². The number of carbonyl (C=O) groups is 1. The van der Waals surface area contributed by atoms with E-state index in [1.54, 1.807) is 31.2 Å². The van der Waals surface area contributed by atoms with Gasteiger partial charge in [0.05, 0.1) is 11.9 Å². The van der Waals surface area contributed by atoms with Gasteiger partial charge in [0.1, 0.15) is 11.9 Å². The third kappa shape index (κ3) is 4.95. The summed E-state index contributed by atoms with van der Waals surface area (Å²) in [5, 5.41) is 3.28. The van der Waals surface area contributed by atoms with Crippen LogP contribution in [-0.4, -0.2) is 26.6 Å². The van der Waals surface area contributed by atoms with Gasteiger partial charge in [0.25, 0.3) is 0 Å². The molecule has 2 aromatic carbocycles. The lowest BCUT2D eigenvalue weighted by atomic mass is 10.1. The van der Waals surface area contributed by atoms with Crippen molar-refractivity contribution in [2.45, 2.75) is 25.9 Å². The molecule has 2 aromatic rings. The van der Waals surface area contributed by atoms with Crippen molar-refractivity contribution in [2.24, 2.45) is 0 Å². The molecule has 0 radical (unpaired) electrons. The van der Waals surface area contributed by atoms with Crippen molar-refractivity contribution in [3.63, 3.8) is 0 Å². The van der Waals surface area contributed by atoms with Crippen LogP contribution >= 0.6 is 11.6 Å². The van der Waals surface area contributed by atoms with Crippen molar-refractivity contribution in [1.29, 1.82) is 0 Å². The lowest BCUT2D eigenvalue weighted by Crippen LogP contribution is -2.49. The van der Waals surface area contributed by atoms with E-state index in [-0.39, 0.29) is 18.7 Å². The molecule has 8 heteroatoms. The van der Waals surface area contributed by atoms with E-state index in [1.807, 2.05) is 0 Å². The fraction of sp³-hybridized carbons (Fsp3) is 0.278. The number of nitrogens with zero attached hydrogens (tertiary/aromatic N) is 1. The van der Waals surface area contributed by atoms with Gasteiger partial charge < -0.3 is 5.32 Å². The molecule has 0 saturated carbocycles. The molecule has 26 heavy (non-hydrogen) atoms. The molecule has 140 valence electrons. The summed E-state index contributed by atoms with van der Waals surface area (Å²) >= 11 is 5.83. The van der Waals surface area contributed by atoms with Gasteiger partial charge in [-0.15, -0.1) is 0 Å². The van der Waals surface area contributed by atoms with E-state index in [9.17, 15) is 17.6 Å². The quantitative estimate of drug-likeness (QED) is 0.777. The molecule has 0 spiro atoms. The summed E-state index contributed by atoms with van der Waals surface area (Å²) in [6.07, 6.45) is 1.14. The van der Waals surface area contributed by atoms with E-state index in [1.165, 1.54) is 18.2 Å². The molecule has 1 N–H and O–H groups in total. The maximum Gasteiger partial charge on any atom is 0.244 e. The minimum atomic E-state index is -3.87. The van der Waals surface area contributed by atoms with Crippen LogP contribution < -0.4 is 9.62 Å². The first-order valence-corrected chi connectivity index (χ1v) is 10.2. The number of hydrogen-bond acceptors (Lipinski definition) is 3. The molecule has 5 nitrogen and oxygen atoms in total. The van der Waals surface area contributed by atoms with Crippen molar-refractivity contribution < 1.29 is 17.6 Å². The first kappa shape index (κ1) is 20.2. The van der Waals surface area contributed by atoms with Crippen molar-refractivity contribution in [3.05, 3.63) is 64.9 Å². The van der Waals surface area contributed by atoms with E-state index in [4.69, 9.17) is 11.6 Å². The van der Waals surface area contributed by atoms with Gasteiger partial charge in [-0.05, 0) is 36.2 Å². The second-order valence-electron chi connectivity index (χ2n) is 5.78. The number of sulfonamides is 1. The zero-order valence-corrected chi connectivity index (χ0v) is 16.0. The minimum Gasteiger partial charge on any atom is -0.350 e. The number of hydrogen-bond donors (Lipinski definition) is 1. The van der Waals surface area contributed by atoms with Crippen LogP contribution in [0.4, 0.5) is 10.1 Å². The second-order valence-corrected chi connectivity index (χ2v) is 8.07. The molecule has 1 atom stereocenters. The first-order valence-electron chi connectivity index (χ1n) is 8.00. The van der Waals surface area contributed by atoms with Crippen LogP contribution in [0.5, 0.6) is 0 Å². The number of anilines is 1. The highest BCUT2D eigenvalue weighted by atomic mass is 35.5. The van der Waals surface area contributed by atoms with E-state index < -0.39 is 27.8 Å². The first-order chi connectivity index (χ1) is 12.2. The van der Waals surface area contributed by atoms with Crippen LogP contribution in [0.1, 0.15) is 18.9 Å². The Labute approximate surface area is 157 Å². The molecule has 0 aliphatic carbocycles. The van der Waals surface area contributed by atoms with E-state index >= 15 is 0 Å². The highest BCUT2D eigenvalue weighted by Crippen LogP contribution is 2.25. The molecule has 0 heterocycles. The largest absolute Gasteiger partial charge is 0.350 e. The molecule has 0 aromatic heterocycles. The summed E-state index contributed by atoms with van der Waals surface area (Å²) in [7, 11) is -3.87. The Hall–Kier alpha value is -2.12. The van der Waals surface area contributed by atoms with Gasteiger partial charge in [0.2, 0.25) is 15.9 Å². The van der Waals surface area contributed by atoms with E-state index in [2.05, 4.69) is 5.32 Å². The average Bonchev–Trinajstić information content (AvgIpc) is 2.58. The topological polar surface area (TPSA) is 66.5 Å². The molecule has 0 aliphatic heterocycles. The number of rotatable bonds is 7. The van der Waals surface area contributed by atoms with Gasteiger partial charge in [-0.3, -0.25) is 9.10 Å².